The number of rotatable bonds is 7. The third kappa shape index (κ3) is 4.75. The first-order valence-electron chi connectivity index (χ1n) is 6.07. The van der Waals surface area contributed by atoms with E-state index < -0.39 is 5.97 Å². The lowest BCUT2D eigenvalue weighted by molar-refractivity contribution is 0.0696. The predicted octanol–water partition coefficient (Wildman–Crippen LogP) is 1.84. The van der Waals surface area contributed by atoms with Gasteiger partial charge in [0.2, 0.25) is 0 Å². The Morgan fingerprint density at radius 3 is 2.79 bits per heavy atom. The van der Waals surface area contributed by atoms with E-state index in [0.717, 1.165) is 6.42 Å². The van der Waals surface area contributed by atoms with E-state index >= 15 is 0 Å². The van der Waals surface area contributed by atoms with Gasteiger partial charge in [-0.1, -0.05) is 13.8 Å². The van der Waals surface area contributed by atoms with Crippen LogP contribution in [0.4, 0.5) is 11.5 Å². The van der Waals surface area contributed by atoms with Gasteiger partial charge < -0.3 is 20.9 Å². The van der Waals surface area contributed by atoms with Gasteiger partial charge >= 0.3 is 5.97 Å². The van der Waals surface area contributed by atoms with Gasteiger partial charge in [0.1, 0.15) is 5.82 Å². The minimum Gasteiger partial charge on any atom is -0.478 e. The topological polar surface area (TPSA) is 97.5 Å². The van der Waals surface area contributed by atoms with Gasteiger partial charge in [-0.15, -0.1) is 0 Å². The second-order valence-electron chi connectivity index (χ2n) is 5.23. The number of hydrogen-bond acceptors (Lipinski definition) is 5. The van der Waals surface area contributed by atoms with E-state index in [4.69, 9.17) is 15.6 Å². The third-order valence-electron chi connectivity index (χ3n) is 2.88. The van der Waals surface area contributed by atoms with E-state index in [-0.39, 0.29) is 11.0 Å². The number of nitrogens with one attached hydrogen (secondary N) is 1. The van der Waals surface area contributed by atoms with E-state index in [1.807, 2.05) is 0 Å². The number of nitrogens with two attached hydrogens (primary N) is 1. The zero-order valence-electron chi connectivity index (χ0n) is 11.6. The predicted molar refractivity (Wildman–Crippen MR) is 74.4 cm³/mol. The fourth-order valence-electron chi connectivity index (χ4n) is 1.54. The molecule has 1 heterocycles. The minimum atomic E-state index is -1.04. The molecule has 1 aromatic heterocycles. The number of ether oxygens (including phenoxy) is 1. The van der Waals surface area contributed by atoms with Crippen molar-refractivity contribution in [3.8, 4) is 0 Å². The molecule has 0 saturated heterocycles. The lowest BCUT2D eigenvalue weighted by Crippen LogP contribution is -2.25. The van der Waals surface area contributed by atoms with E-state index in [0.29, 0.717) is 24.7 Å². The summed E-state index contributed by atoms with van der Waals surface area (Å²) in [5.41, 5.74) is 6.23. The molecule has 0 aliphatic carbocycles. The average molecular weight is 267 g/mol. The van der Waals surface area contributed by atoms with Crippen LogP contribution in [0.15, 0.2) is 12.3 Å². The van der Waals surface area contributed by atoms with Crippen LogP contribution in [0, 0.1) is 5.41 Å². The molecule has 0 spiro atoms. The number of pyridine rings is 1. The van der Waals surface area contributed by atoms with Gasteiger partial charge in [0.05, 0.1) is 11.3 Å². The number of nitrogen functional groups attached to an aromatic ring is 1. The van der Waals surface area contributed by atoms with Gasteiger partial charge in [0, 0.05) is 26.5 Å². The Bertz CT molecular complexity index is 447. The molecule has 0 aromatic carbocycles. The quantitative estimate of drug-likeness (QED) is 0.697. The summed E-state index contributed by atoms with van der Waals surface area (Å²) in [6.07, 6.45) is 2.20. The van der Waals surface area contributed by atoms with Crippen molar-refractivity contribution in [3.63, 3.8) is 0 Å². The zero-order valence-corrected chi connectivity index (χ0v) is 11.6. The molecular weight excluding hydrogens is 246 g/mol. The third-order valence-corrected chi connectivity index (χ3v) is 2.88. The second-order valence-corrected chi connectivity index (χ2v) is 5.23. The second kappa shape index (κ2) is 6.38. The Kier molecular flexibility index (Phi) is 5.11. The summed E-state index contributed by atoms with van der Waals surface area (Å²) in [5.74, 6) is -0.526. The molecule has 1 rings (SSSR count). The molecule has 19 heavy (non-hydrogen) atoms. The van der Waals surface area contributed by atoms with Crippen LogP contribution in [-0.2, 0) is 4.74 Å². The monoisotopic (exact) mass is 267 g/mol. The van der Waals surface area contributed by atoms with Crippen LogP contribution in [0.1, 0.15) is 30.6 Å². The molecular formula is C13H21N3O3. The van der Waals surface area contributed by atoms with Crippen molar-refractivity contribution in [3.05, 3.63) is 17.8 Å². The molecule has 0 aliphatic rings. The van der Waals surface area contributed by atoms with E-state index in [1.54, 1.807) is 7.11 Å². The molecule has 0 fully saturated rings. The highest BCUT2D eigenvalue weighted by molar-refractivity contribution is 5.89. The van der Waals surface area contributed by atoms with Crippen molar-refractivity contribution in [2.75, 3.05) is 31.3 Å². The summed E-state index contributed by atoms with van der Waals surface area (Å²) in [7, 11) is 1.67. The van der Waals surface area contributed by atoms with Gasteiger partial charge in [0.15, 0.2) is 0 Å². The molecule has 0 atom stereocenters. The number of hydrogen-bond donors (Lipinski definition) is 3. The van der Waals surface area contributed by atoms with Crippen LogP contribution in [0.2, 0.25) is 0 Å². The van der Waals surface area contributed by atoms with Crippen molar-refractivity contribution in [2.24, 2.45) is 5.41 Å². The Labute approximate surface area is 113 Å². The lowest BCUT2D eigenvalue weighted by atomic mass is 9.90. The number of nitrogens with zero attached hydrogens (tertiary/aromatic N) is 1. The number of carboxylic acids is 1. The van der Waals surface area contributed by atoms with Crippen LogP contribution in [0.5, 0.6) is 0 Å². The highest BCUT2D eigenvalue weighted by Crippen LogP contribution is 2.23. The van der Waals surface area contributed by atoms with Gasteiger partial charge in [-0.05, 0) is 17.9 Å². The molecule has 6 nitrogen and oxygen atoms in total. The van der Waals surface area contributed by atoms with Gasteiger partial charge in [-0.3, -0.25) is 0 Å². The summed E-state index contributed by atoms with van der Waals surface area (Å²) in [4.78, 5) is 14.8. The van der Waals surface area contributed by atoms with E-state index in [2.05, 4.69) is 24.1 Å². The number of aromatic nitrogens is 1. The summed E-state index contributed by atoms with van der Waals surface area (Å²) in [6, 6.07) is 1.40. The number of carboxylic acid groups (broad SMARTS) is 1. The number of anilines is 2. The number of methoxy groups -OCH3 is 1. The summed E-state index contributed by atoms with van der Waals surface area (Å²) >= 11 is 0. The molecule has 106 valence electrons. The highest BCUT2D eigenvalue weighted by atomic mass is 16.5. The molecule has 0 amide bonds. The zero-order chi connectivity index (χ0) is 14.5. The Balaban J connectivity index is 2.65. The maximum atomic E-state index is 10.8. The number of carbonyl (C=O) groups is 1. The smallest absolute Gasteiger partial charge is 0.337 e. The summed E-state index contributed by atoms with van der Waals surface area (Å²) < 4.78 is 5.06. The van der Waals surface area contributed by atoms with Crippen molar-refractivity contribution in [1.29, 1.82) is 0 Å². The normalized spacial score (nSPS) is 11.3. The fourth-order valence-corrected chi connectivity index (χ4v) is 1.54. The van der Waals surface area contributed by atoms with Gasteiger partial charge in [-0.2, -0.15) is 0 Å². The van der Waals surface area contributed by atoms with E-state index in [1.165, 1.54) is 12.3 Å². The molecule has 0 bridgehead atoms. The maximum Gasteiger partial charge on any atom is 0.337 e. The summed E-state index contributed by atoms with van der Waals surface area (Å²) in [5, 5.41) is 12.0. The van der Waals surface area contributed by atoms with Gasteiger partial charge in [0.25, 0.3) is 0 Å². The first-order chi connectivity index (χ1) is 8.85. The summed E-state index contributed by atoms with van der Waals surface area (Å²) in [6.45, 7) is 5.59. The molecule has 4 N–H and O–H groups in total. The van der Waals surface area contributed by atoms with Crippen molar-refractivity contribution >= 4 is 17.5 Å². The minimum absolute atomic E-state index is 0.0373. The largest absolute Gasteiger partial charge is 0.478 e. The first-order valence-corrected chi connectivity index (χ1v) is 6.07. The molecule has 0 saturated carbocycles. The SMILES string of the molecule is COCCC(C)(C)CNc1ncc(C(=O)O)cc1N. The Hall–Kier alpha value is -1.82. The number of aromatic carboxylic acids is 1. The van der Waals surface area contributed by atoms with Crippen LogP contribution < -0.4 is 11.1 Å². The standard InChI is InChI=1S/C13H21N3O3/c1-13(2,4-5-19-3)8-16-11-10(14)6-9(7-15-11)12(17)18/h6-7H,4-5,8,14H2,1-3H3,(H,15,16)(H,17,18). The van der Waals surface area contributed by atoms with E-state index in [9.17, 15) is 4.79 Å². The molecule has 1 aromatic rings. The first kappa shape index (κ1) is 15.2. The van der Waals surface area contributed by atoms with Crippen LogP contribution in [0.3, 0.4) is 0 Å². The maximum absolute atomic E-state index is 10.8. The molecule has 0 aliphatic heterocycles. The Morgan fingerprint density at radius 1 is 1.58 bits per heavy atom. The van der Waals surface area contributed by atoms with Crippen LogP contribution in [-0.4, -0.2) is 36.3 Å². The molecule has 0 radical (unpaired) electrons. The fraction of sp³-hybridized carbons (Fsp3) is 0.538. The van der Waals surface area contributed by atoms with Gasteiger partial charge in [-0.25, -0.2) is 9.78 Å². The average Bonchev–Trinajstić information content (AvgIpc) is 2.35. The van der Waals surface area contributed by atoms with Crippen molar-refractivity contribution in [1.82, 2.24) is 4.98 Å². The lowest BCUT2D eigenvalue weighted by Gasteiger charge is -2.25. The molecule has 0 unspecified atom stereocenters. The van der Waals surface area contributed by atoms with Crippen molar-refractivity contribution < 1.29 is 14.6 Å². The van der Waals surface area contributed by atoms with Crippen LogP contribution in [0.25, 0.3) is 0 Å². The van der Waals surface area contributed by atoms with Crippen LogP contribution >= 0.6 is 0 Å². The highest BCUT2D eigenvalue weighted by Gasteiger charge is 2.18. The Morgan fingerprint density at radius 2 is 2.26 bits per heavy atom. The molecule has 6 heteroatoms. The van der Waals surface area contributed by atoms with Crippen molar-refractivity contribution in [2.45, 2.75) is 20.3 Å².